The SMILES string of the molecule is Cc1cccc(C(=O)N2CCNC(=O)[C@@H]2CC(=O)Nc2cccc(Cl)c2)c1. The molecule has 1 aliphatic rings. The van der Waals surface area contributed by atoms with Crippen LogP contribution in [-0.4, -0.2) is 41.8 Å². The van der Waals surface area contributed by atoms with Crippen LogP contribution in [0.5, 0.6) is 0 Å². The third-order valence-corrected chi connectivity index (χ3v) is 4.58. The van der Waals surface area contributed by atoms with Crippen molar-refractivity contribution in [3.63, 3.8) is 0 Å². The number of aryl methyl sites for hydroxylation is 1. The lowest BCUT2D eigenvalue weighted by Crippen LogP contribution is -2.58. The largest absolute Gasteiger partial charge is 0.353 e. The first-order valence-corrected chi connectivity index (χ1v) is 9.02. The highest BCUT2D eigenvalue weighted by Gasteiger charge is 2.35. The van der Waals surface area contributed by atoms with Crippen LogP contribution in [0, 0.1) is 6.92 Å². The Hall–Kier alpha value is -2.86. The van der Waals surface area contributed by atoms with E-state index in [4.69, 9.17) is 11.6 Å². The van der Waals surface area contributed by atoms with E-state index in [1.54, 1.807) is 42.5 Å². The molecule has 2 aromatic carbocycles. The molecule has 2 N–H and O–H groups in total. The molecule has 0 spiro atoms. The Labute approximate surface area is 162 Å². The van der Waals surface area contributed by atoms with Gasteiger partial charge in [-0.1, -0.05) is 35.4 Å². The molecule has 1 fully saturated rings. The second-order valence-corrected chi connectivity index (χ2v) is 6.87. The van der Waals surface area contributed by atoms with Crippen LogP contribution in [0.1, 0.15) is 22.3 Å². The number of carbonyl (C=O) groups is 3. The van der Waals surface area contributed by atoms with E-state index in [0.29, 0.717) is 29.4 Å². The summed E-state index contributed by atoms with van der Waals surface area (Å²) in [5.41, 5.74) is 2.00. The van der Waals surface area contributed by atoms with E-state index < -0.39 is 6.04 Å². The first kappa shape index (κ1) is 18.9. The van der Waals surface area contributed by atoms with Gasteiger partial charge in [-0.05, 0) is 37.3 Å². The van der Waals surface area contributed by atoms with Gasteiger partial charge in [0.15, 0.2) is 0 Å². The number of anilines is 1. The van der Waals surface area contributed by atoms with E-state index in [1.165, 1.54) is 4.90 Å². The quantitative estimate of drug-likeness (QED) is 0.849. The predicted molar refractivity (Wildman–Crippen MR) is 104 cm³/mol. The van der Waals surface area contributed by atoms with Crippen LogP contribution >= 0.6 is 11.6 Å². The van der Waals surface area contributed by atoms with Crippen LogP contribution in [0.3, 0.4) is 0 Å². The molecule has 2 aromatic rings. The van der Waals surface area contributed by atoms with E-state index in [2.05, 4.69) is 10.6 Å². The van der Waals surface area contributed by atoms with Gasteiger partial charge in [0.2, 0.25) is 11.8 Å². The van der Waals surface area contributed by atoms with Crippen molar-refractivity contribution >= 4 is 35.0 Å². The van der Waals surface area contributed by atoms with Crippen molar-refractivity contribution in [3.05, 3.63) is 64.7 Å². The van der Waals surface area contributed by atoms with Gasteiger partial charge in [-0.15, -0.1) is 0 Å². The summed E-state index contributed by atoms with van der Waals surface area (Å²) in [6.45, 7) is 2.62. The molecular weight excluding hydrogens is 366 g/mol. The highest BCUT2D eigenvalue weighted by molar-refractivity contribution is 6.30. The number of piperazine rings is 1. The molecule has 1 aliphatic heterocycles. The number of benzene rings is 2. The van der Waals surface area contributed by atoms with Crippen molar-refractivity contribution in [1.82, 2.24) is 10.2 Å². The molecule has 0 unspecified atom stereocenters. The number of halogens is 1. The summed E-state index contributed by atoms with van der Waals surface area (Å²) in [6.07, 6.45) is -0.129. The van der Waals surface area contributed by atoms with Crippen molar-refractivity contribution in [2.75, 3.05) is 18.4 Å². The molecule has 3 rings (SSSR count). The predicted octanol–water partition coefficient (Wildman–Crippen LogP) is 2.62. The fourth-order valence-corrected chi connectivity index (χ4v) is 3.25. The highest BCUT2D eigenvalue weighted by atomic mass is 35.5. The van der Waals surface area contributed by atoms with Crippen molar-refractivity contribution in [2.45, 2.75) is 19.4 Å². The lowest BCUT2D eigenvalue weighted by atomic mass is 10.0. The van der Waals surface area contributed by atoms with E-state index in [0.717, 1.165) is 5.56 Å². The van der Waals surface area contributed by atoms with E-state index >= 15 is 0 Å². The maximum Gasteiger partial charge on any atom is 0.254 e. The van der Waals surface area contributed by atoms with Crippen LogP contribution in [-0.2, 0) is 9.59 Å². The summed E-state index contributed by atoms with van der Waals surface area (Å²) < 4.78 is 0. The highest BCUT2D eigenvalue weighted by Crippen LogP contribution is 2.18. The third-order valence-electron chi connectivity index (χ3n) is 4.34. The average Bonchev–Trinajstić information content (AvgIpc) is 2.63. The van der Waals surface area contributed by atoms with Gasteiger partial charge in [0, 0.05) is 29.4 Å². The van der Waals surface area contributed by atoms with E-state index in [9.17, 15) is 14.4 Å². The first-order chi connectivity index (χ1) is 12.9. The van der Waals surface area contributed by atoms with Gasteiger partial charge >= 0.3 is 0 Å². The van der Waals surface area contributed by atoms with E-state index in [1.807, 2.05) is 13.0 Å². The Balaban J connectivity index is 1.75. The molecule has 0 aliphatic carbocycles. The van der Waals surface area contributed by atoms with Crippen LogP contribution in [0.15, 0.2) is 48.5 Å². The second kappa shape index (κ2) is 8.22. The molecule has 0 bridgehead atoms. The minimum absolute atomic E-state index is 0.129. The smallest absolute Gasteiger partial charge is 0.254 e. The van der Waals surface area contributed by atoms with Gasteiger partial charge in [-0.2, -0.15) is 0 Å². The maximum absolute atomic E-state index is 12.9. The molecular formula is C20H20ClN3O3. The van der Waals surface area contributed by atoms with Crippen LogP contribution in [0.2, 0.25) is 5.02 Å². The van der Waals surface area contributed by atoms with Crippen LogP contribution < -0.4 is 10.6 Å². The fourth-order valence-electron chi connectivity index (χ4n) is 3.06. The Bertz CT molecular complexity index is 884. The van der Waals surface area contributed by atoms with Gasteiger partial charge < -0.3 is 15.5 Å². The van der Waals surface area contributed by atoms with Gasteiger partial charge in [0.25, 0.3) is 5.91 Å². The van der Waals surface area contributed by atoms with Crippen molar-refractivity contribution in [1.29, 1.82) is 0 Å². The standard InChI is InChI=1S/C20H20ClN3O3/c1-13-4-2-5-14(10-13)20(27)24-9-8-22-19(26)17(24)12-18(25)23-16-7-3-6-15(21)11-16/h2-7,10-11,17H,8-9,12H2,1H3,(H,22,26)(H,23,25)/t17-/m0/s1. The molecule has 0 saturated carbocycles. The van der Waals surface area contributed by atoms with E-state index in [-0.39, 0.29) is 24.1 Å². The summed E-state index contributed by atoms with van der Waals surface area (Å²) in [7, 11) is 0. The third kappa shape index (κ3) is 4.65. The van der Waals surface area contributed by atoms with Gasteiger partial charge in [-0.25, -0.2) is 0 Å². The molecule has 0 aromatic heterocycles. The zero-order chi connectivity index (χ0) is 19.4. The van der Waals surface area contributed by atoms with Crippen molar-refractivity contribution in [3.8, 4) is 0 Å². The number of nitrogens with one attached hydrogen (secondary N) is 2. The van der Waals surface area contributed by atoms with Gasteiger partial charge in [-0.3, -0.25) is 14.4 Å². The second-order valence-electron chi connectivity index (χ2n) is 6.44. The fraction of sp³-hybridized carbons (Fsp3) is 0.250. The molecule has 140 valence electrons. The molecule has 1 saturated heterocycles. The number of carbonyl (C=O) groups excluding carboxylic acids is 3. The van der Waals surface area contributed by atoms with Crippen LogP contribution in [0.25, 0.3) is 0 Å². The topological polar surface area (TPSA) is 78.5 Å². The minimum Gasteiger partial charge on any atom is -0.353 e. The monoisotopic (exact) mass is 385 g/mol. The average molecular weight is 386 g/mol. The molecule has 1 atom stereocenters. The summed E-state index contributed by atoms with van der Waals surface area (Å²) in [6, 6.07) is 13.1. The molecule has 6 nitrogen and oxygen atoms in total. The lowest BCUT2D eigenvalue weighted by molar-refractivity contribution is -0.131. The number of nitrogens with zero attached hydrogens (tertiary/aromatic N) is 1. The summed E-state index contributed by atoms with van der Waals surface area (Å²) in [5, 5.41) is 5.94. The van der Waals surface area contributed by atoms with Gasteiger partial charge in [0.05, 0.1) is 6.42 Å². The molecule has 27 heavy (non-hydrogen) atoms. The normalized spacial score (nSPS) is 16.6. The molecule has 0 radical (unpaired) electrons. The number of hydrogen-bond acceptors (Lipinski definition) is 3. The van der Waals surface area contributed by atoms with Crippen molar-refractivity contribution in [2.24, 2.45) is 0 Å². The Morgan fingerprint density at radius 1 is 1.22 bits per heavy atom. The minimum atomic E-state index is -0.856. The Morgan fingerprint density at radius 2 is 2.00 bits per heavy atom. The van der Waals surface area contributed by atoms with Crippen LogP contribution in [0.4, 0.5) is 5.69 Å². The summed E-state index contributed by atoms with van der Waals surface area (Å²) in [5.74, 6) is -0.945. The number of hydrogen-bond donors (Lipinski definition) is 2. The first-order valence-electron chi connectivity index (χ1n) is 8.65. The molecule has 7 heteroatoms. The molecule has 3 amide bonds. The van der Waals surface area contributed by atoms with Crippen molar-refractivity contribution < 1.29 is 14.4 Å². The number of amides is 3. The zero-order valence-corrected chi connectivity index (χ0v) is 15.6. The molecule has 1 heterocycles. The summed E-state index contributed by atoms with van der Waals surface area (Å²) in [4.78, 5) is 39.1. The Morgan fingerprint density at radius 3 is 2.74 bits per heavy atom. The van der Waals surface area contributed by atoms with Gasteiger partial charge in [0.1, 0.15) is 6.04 Å². The maximum atomic E-state index is 12.9. The summed E-state index contributed by atoms with van der Waals surface area (Å²) >= 11 is 5.92. The lowest BCUT2D eigenvalue weighted by Gasteiger charge is -2.34. The number of rotatable bonds is 4. The Kier molecular flexibility index (Phi) is 5.76. The zero-order valence-electron chi connectivity index (χ0n) is 14.9.